The lowest BCUT2D eigenvalue weighted by atomic mass is 9.91. The molecule has 8 heteroatoms. The molecule has 0 unspecified atom stereocenters. The second kappa shape index (κ2) is 7.50. The Morgan fingerprint density at radius 1 is 1.16 bits per heavy atom. The van der Waals surface area contributed by atoms with E-state index in [0.717, 1.165) is 28.3 Å². The number of hydrogen-bond acceptors (Lipinski definition) is 2. The maximum Gasteiger partial charge on any atom is 0.395 e. The van der Waals surface area contributed by atoms with Gasteiger partial charge < -0.3 is 10.2 Å². The summed E-state index contributed by atoms with van der Waals surface area (Å²) >= 11 is 0. The molecule has 0 bridgehead atoms. The van der Waals surface area contributed by atoms with Crippen LogP contribution >= 0.6 is 0 Å². The Hall–Kier alpha value is -2.64. The summed E-state index contributed by atoms with van der Waals surface area (Å²) in [7, 11) is 0. The number of carbonyl (C=O) groups excluding carboxylic acids is 1. The fraction of sp³-hybridized carbons (Fsp3) is 0.435. The van der Waals surface area contributed by atoms with Crippen molar-refractivity contribution in [1.29, 1.82) is 0 Å². The number of amides is 1. The van der Waals surface area contributed by atoms with Crippen molar-refractivity contribution in [2.24, 2.45) is 5.41 Å². The number of benzene rings is 2. The van der Waals surface area contributed by atoms with Gasteiger partial charge in [-0.1, -0.05) is 6.07 Å². The van der Waals surface area contributed by atoms with Gasteiger partial charge in [0, 0.05) is 31.3 Å². The Balaban J connectivity index is 1.57. The van der Waals surface area contributed by atoms with Gasteiger partial charge in [-0.15, -0.1) is 0 Å². The standard InChI is InChI=1S/C23H23F5N2O/c1-13-9-15-5-8-30(19-4-3-16(24)10-18(19)25)12-17(15)14(2)21(13)29-20(31)11-22(6-7-22)23(26,27)28/h3-4,9-10H,5-8,11-12H2,1-2H3,(H,29,31). The number of halogens is 5. The summed E-state index contributed by atoms with van der Waals surface area (Å²) < 4.78 is 67.1. The Kier molecular flexibility index (Phi) is 5.22. The number of carbonyl (C=O) groups is 1. The molecule has 0 atom stereocenters. The lowest BCUT2D eigenvalue weighted by Crippen LogP contribution is -2.32. The number of alkyl halides is 3. The first-order chi connectivity index (χ1) is 14.5. The van der Waals surface area contributed by atoms with Crippen molar-refractivity contribution in [2.75, 3.05) is 16.8 Å². The topological polar surface area (TPSA) is 32.3 Å². The Bertz CT molecular complexity index is 1040. The normalized spacial score (nSPS) is 17.3. The predicted molar refractivity (Wildman–Crippen MR) is 108 cm³/mol. The van der Waals surface area contributed by atoms with Crippen LogP contribution in [0.3, 0.4) is 0 Å². The molecule has 2 aromatic carbocycles. The lowest BCUT2D eigenvalue weighted by molar-refractivity contribution is -0.189. The number of nitrogens with one attached hydrogen (secondary N) is 1. The van der Waals surface area contributed by atoms with Crippen LogP contribution in [-0.4, -0.2) is 18.6 Å². The van der Waals surface area contributed by atoms with E-state index >= 15 is 0 Å². The van der Waals surface area contributed by atoms with E-state index in [1.165, 1.54) is 12.1 Å². The third-order valence-electron chi connectivity index (χ3n) is 6.47. The monoisotopic (exact) mass is 438 g/mol. The Labute approximate surface area is 177 Å². The fourth-order valence-corrected chi connectivity index (χ4v) is 4.41. The Morgan fingerprint density at radius 3 is 2.48 bits per heavy atom. The van der Waals surface area contributed by atoms with Gasteiger partial charge in [-0.05, 0) is 67.5 Å². The number of rotatable bonds is 4. The molecule has 0 saturated heterocycles. The summed E-state index contributed by atoms with van der Waals surface area (Å²) in [5.41, 5.74) is 2.38. The van der Waals surface area contributed by atoms with Gasteiger partial charge in [0.1, 0.15) is 11.6 Å². The summed E-state index contributed by atoms with van der Waals surface area (Å²) in [6.45, 7) is 4.53. The van der Waals surface area contributed by atoms with Gasteiger partial charge in [0.2, 0.25) is 5.91 Å². The molecular formula is C23H23F5N2O. The van der Waals surface area contributed by atoms with Gasteiger partial charge in [0.25, 0.3) is 0 Å². The van der Waals surface area contributed by atoms with Gasteiger partial charge in [-0.25, -0.2) is 8.78 Å². The molecule has 2 aromatic rings. The highest BCUT2D eigenvalue weighted by molar-refractivity contribution is 5.93. The van der Waals surface area contributed by atoms with Crippen molar-refractivity contribution < 1.29 is 26.7 Å². The third-order valence-corrected chi connectivity index (χ3v) is 6.47. The molecule has 2 aliphatic rings. The molecule has 1 N–H and O–H groups in total. The third kappa shape index (κ3) is 4.00. The highest BCUT2D eigenvalue weighted by atomic mass is 19.4. The van der Waals surface area contributed by atoms with E-state index in [-0.39, 0.29) is 12.8 Å². The van der Waals surface area contributed by atoms with Crippen molar-refractivity contribution in [1.82, 2.24) is 0 Å². The van der Waals surface area contributed by atoms with Crippen molar-refractivity contribution in [3.05, 3.63) is 58.2 Å². The molecule has 1 amide bonds. The zero-order valence-electron chi connectivity index (χ0n) is 17.3. The van der Waals surface area contributed by atoms with Crippen LogP contribution < -0.4 is 10.2 Å². The van der Waals surface area contributed by atoms with Gasteiger partial charge in [0.15, 0.2) is 0 Å². The van der Waals surface area contributed by atoms with E-state index < -0.39 is 35.6 Å². The van der Waals surface area contributed by atoms with Crippen LogP contribution in [0, 0.1) is 30.9 Å². The number of fused-ring (bicyclic) bond motifs is 1. The van der Waals surface area contributed by atoms with Gasteiger partial charge in [-0.3, -0.25) is 4.79 Å². The van der Waals surface area contributed by atoms with Gasteiger partial charge in [0.05, 0.1) is 11.1 Å². The van der Waals surface area contributed by atoms with Crippen molar-refractivity contribution in [2.45, 2.75) is 52.3 Å². The second-order valence-corrected chi connectivity index (χ2v) is 8.60. The highest BCUT2D eigenvalue weighted by Crippen LogP contribution is 2.60. The van der Waals surface area contributed by atoms with E-state index in [1.807, 2.05) is 19.9 Å². The quantitative estimate of drug-likeness (QED) is 0.611. The molecule has 1 heterocycles. The van der Waals surface area contributed by atoms with Crippen LogP contribution in [0.2, 0.25) is 0 Å². The summed E-state index contributed by atoms with van der Waals surface area (Å²) in [4.78, 5) is 14.2. The highest BCUT2D eigenvalue weighted by Gasteiger charge is 2.63. The first-order valence-corrected chi connectivity index (χ1v) is 10.2. The minimum absolute atomic E-state index is 0.0235. The summed E-state index contributed by atoms with van der Waals surface area (Å²) in [6, 6.07) is 5.36. The van der Waals surface area contributed by atoms with Gasteiger partial charge >= 0.3 is 6.18 Å². The van der Waals surface area contributed by atoms with Crippen LogP contribution in [0.1, 0.15) is 41.5 Å². The molecular weight excluding hydrogens is 415 g/mol. The molecule has 4 rings (SSSR count). The average Bonchev–Trinajstić information content (AvgIpc) is 3.46. The minimum atomic E-state index is -4.38. The SMILES string of the molecule is Cc1cc2c(c(C)c1NC(=O)CC1(C(F)(F)F)CC1)CN(c1ccc(F)cc1F)CC2. The molecule has 1 aliphatic heterocycles. The average molecular weight is 438 g/mol. The maximum absolute atomic E-state index is 14.3. The predicted octanol–water partition coefficient (Wildman–Crippen LogP) is 5.82. The maximum atomic E-state index is 14.3. The number of aryl methyl sites for hydroxylation is 1. The van der Waals surface area contributed by atoms with Crippen LogP contribution in [0.15, 0.2) is 24.3 Å². The first-order valence-electron chi connectivity index (χ1n) is 10.2. The summed E-state index contributed by atoms with van der Waals surface area (Å²) in [5.74, 6) is -1.95. The molecule has 166 valence electrons. The first kappa shape index (κ1) is 21.6. The van der Waals surface area contributed by atoms with Crippen molar-refractivity contribution >= 4 is 17.3 Å². The van der Waals surface area contributed by atoms with Crippen LogP contribution in [0.25, 0.3) is 0 Å². The molecule has 1 saturated carbocycles. The lowest BCUT2D eigenvalue weighted by Gasteiger charge is -2.33. The summed E-state index contributed by atoms with van der Waals surface area (Å²) in [6.07, 6.45) is -4.38. The van der Waals surface area contributed by atoms with E-state index in [9.17, 15) is 26.7 Å². The largest absolute Gasteiger partial charge is 0.395 e. The minimum Gasteiger partial charge on any atom is -0.364 e. The van der Waals surface area contributed by atoms with Crippen molar-refractivity contribution in [3.8, 4) is 0 Å². The fourth-order valence-electron chi connectivity index (χ4n) is 4.41. The van der Waals surface area contributed by atoms with E-state index in [4.69, 9.17) is 0 Å². The molecule has 0 aromatic heterocycles. The van der Waals surface area contributed by atoms with Crippen LogP contribution in [0.4, 0.5) is 33.3 Å². The smallest absolute Gasteiger partial charge is 0.364 e. The number of nitrogens with zero attached hydrogens (tertiary/aromatic N) is 1. The van der Waals surface area contributed by atoms with Crippen molar-refractivity contribution in [3.63, 3.8) is 0 Å². The van der Waals surface area contributed by atoms with E-state index in [2.05, 4.69) is 5.32 Å². The zero-order valence-corrected chi connectivity index (χ0v) is 17.3. The number of anilines is 2. The Morgan fingerprint density at radius 2 is 1.87 bits per heavy atom. The van der Waals surface area contributed by atoms with E-state index in [0.29, 0.717) is 30.9 Å². The van der Waals surface area contributed by atoms with Crippen LogP contribution in [-0.2, 0) is 17.8 Å². The molecule has 31 heavy (non-hydrogen) atoms. The summed E-state index contributed by atoms with van der Waals surface area (Å²) in [5, 5.41) is 2.69. The number of hydrogen-bond donors (Lipinski definition) is 1. The second-order valence-electron chi connectivity index (χ2n) is 8.60. The molecule has 1 fully saturated rings. The van der Waals surface area contributed by atoms with Gasteiger partial charge in [-0.2, -0.15) is 13.2 Å². The van der Waals surface area contributed by atoms with Crippen LogP contribution in [0.5, 0.6) is 0 Å². The zero-order chi connectivity index (χ0) is 22.6. The molecule has 0 radical (unpaired) electrons. The molecule has 3 nitrogen and oxygen atoms in total. The van der Waals surface area contributed by atoms with E-state index in [1.54, 1.807) is 4.90 Å². The molecule has 1 aliphatic carbocycles. The molecule has 0 spiro atoms.